The van der Waals surface area contributed by atoms with Gasteiger partial charge in [0.05, 0.1) is 17.1 Å². The van der Waals surface area contributed by atoms with E-state index in [9.17, 15) is 18.7 Å². The van der Waals surface area contributed by atoms with Gasteiger partial charge in [-0.1, -0.05) is 26.0 Å². The molecule has 1 amide bonds. The summed E-state index contributed by atoms with van der Waals surface area (Å²) in [6.45, 7) is 9.29. The molecular formula is C27H31F3N4O2. The van der Waals surface area contributed by atoms with Crippen LogP contribution in [0.4, 0.5) is 24.7 Å². The second kappa shape index (κ2) is 8.44. The van der Waals surface area contributed by atoms with Crippen molar-refractivity contribution in [3.05, 3.63) is 58.7 Å². The zero-order valence-electron chi connectivity index (χ0n) is 21.5. The first kappa shape index (κ1) is 25.9. The van der Waals surface area contributed by atoms with Crippen LogP contribution in [-0.2, 0) is 16.1 Å². The Hall–Kier alpha value is -3.20. The molecule has 3 aromatic rings. The van der Waals surface area contributed by atoms with Crippen LogP contribution in [0.2, 0.25) is 0 Å². The molecule has 0 fully saturated rings. The van der Waals surface area contributed by atoms with Crippen LogP contribution >= 0.6 is 0 Å². The molecule has 9 heteroatoms. The van der Waals surface area contributed by atoms with Gasteiger partial charge in [0.1, 0.15) is 23.1 Å². The van der Waals surface area contributed by atoms with Gasteiger partial charge >= 0.3 is 5.92 Å². The van der Waals surface area contributed by atoms with Crippen LogP contribution in [0.25, 0.3) is 10.9 Å². The SMILES string of the molecule is Cc1nc(N[C@H](C)c2cccc(C(F)(F)C(C)(C)O)c2F)c2cc3c(cc2n1)C(C)(C)CC(=O)N3C. The maximum absolute atomic E-state index is 15.3. The Morgan fingerprint density at radius 1 is 1.19 bits per heavy atom. The number of carbonyl (C=O) groups excluding carboxylic acids is 1. The van der Waals surface area contributed by atoms with Crippen molar-refractivity contribution in [2.24, 2.45) is 0 Å². The quantitative estimate of drug-likeness (QED) is 0.466. The lowest BCUT2D eigenvalue weighted by Crippen LogP contribution is -2.41. The van der Waals surface area contributed by atoms with Crippen molar-refractivity contribution in [2.75, 3.05) is 17.3 Å². The summed E-state index contributed by atoms with van der Waals surface area (Å²) in [5, 5.41) is 13.7. The molecule has 192 valence electrons. The number of aliphatic hydroxyl groups is 1. The van der Waals surface area contributed by atoms with E-state index in [0.717, 1.165) is 31.2 Å². The zero-order valence-corrected chi connectivity index (χ0v) is 21.5. The molecule has 0 saturated heterocycles. The molecule has 1 aliphatic rings. The third-order valence-electron chi connectivity index (χ3n) is 6.94. The average molecular weight is 501 g/mol. The molecule has 2 N–H and O–H groups in total. The first-order chi connectivity index (χ1) is 16.5. The largest absolute Gasteiger partial charge is 0.384 e. The first-order valence-electron chi connectivity index (χ1n) is 11.8. The van der Waals surface area contributed by atoms with Crippen LogP contribution < -0.4 is 10.2 Å². The van der Waals surface area contributed by atoms with Crippen LogP contribution in [0.5, 0.6) is 0 Å². The molecule has 36 heavy (non-hydrogen) atoms. The fraction of sp³-hybridized carbons (Fsp3) is 0.444. The number of aryl methyl sites for hydroxylation is 1. The highest BCUT2D eigenvalue weighted by atomic mass is 19.3. The summed E-state index contributed by atoms with van der Waals surface area (Å²) in [7, 11) is 1.72. The summed E-state index contributed by atoms with van der Waals surface area (Å²) in [5.41, 5.74) is -1.29. The molecule has 0 aliphatic carbocycles. The van der Waals surface area contributed by atoms with Crippen LogP contribution in [0.1, 0.15) is 69.6 Å². The molecule has 1 aromatic heterocycles. The molecular weight excluding hydrogens is 469 g/mol. The van der Waals surface area contributed by atoms with Gasteiger partial charge in [-0.25, -0.2) is 14.4 Å². The Morgan fingerprint density at radius 2 is 1.86 bits per heavy atom. The minimum Gasteiger partial charge on any atom is -0.384 e. The monoisotopic (exact) mass is 500 g/mol. The second-order valence-electron chi connectivity index (χ2n) is 10.7. The number of aromatic nitrogens is 2. The summed E-state index contributed by atoms with van der Waals surface area (Å²) < 4.78 is 44.9. The van der Waals surface area contributed by atoms with E-state index in [1.807, 2.05) is 26.0 Å². The lowest BCUT2D eigenvalue weighted by Gasteiger charge is -2.37. The molecule has 1 aliphatic heterocycles. The second-order valence-corrected chi connectivity index (χ2v) is 10.7. The highest BCUT2D eigenvalue weighted by molar-refractivity contribution is 6.02. The molecule has 0 spiro atoms. The van der Waals surface area contributed by atoms with Gasteiger partial charge in [-0.2, -0.15) is 8.78 Å². The molecule has 0 saturated carbocycles. The Labute approximate surface area is 208 Å². The van der Waals surface area contributed by atoms with Gasteiger partial charge < -0.3 is 15.3 Å². The Morgan fingerprint density at radius 3 is 2.50 bits per heavy atom. The van der Waals surface area contributed by atoms with Crippen molar-refractivity contribution >= 4 is 28.3 Å². The molecule has 2 aromatic carbocycles. The molecule has 0 unspecified atom stereocenters. The van der Waals surface area contributed by atoms with E-state index in [-0.39, 0.29) is 16.9 Å². The highest BCUT2D eigenvalue weighted by Gasteiger charge is 2.49. The number of amides is 1. The standard InChI is InChI=1S/C27H31F3N4O2/c1-14(16-9-8-10-18(23(16)28)27(29,30)26(5,6)36)31-24-17-11-21-19(12-20(17)32-15(2)33-24)25(3,4)13-22(35)34(21)7/h8-12,14,36H,13H2,1-7H3,(H,31,32,33)/t14-/m1/s1. The summed E-state index contributed by atoms with van der Waals surface area (Å²) >= 11 is 0. The van der Waals surface area contributed by atoms with Crippen LogP contribution in [0, 0.1) is 12.7 Å². The molecule has 0 radical (unpaired) electrons. The number of fused-ring (bicyclic) bond motifs is 2. The van der Waals surface area contributed by atoms with E-state index in [2.05, 4.69) is 15.3 Å². The van der Waals surface area contributed by atoms with Crippen LogP contribution in [0.15, 0.2) is 30.3 Å². The molecule has 4 rings (SSSR count). The number of carbonyl (C=O) groups is 1. The summed E-state index contributed by atoms with van der Waals surface area (Å²) in [6.07, 6.45) is 0.374. The van der Waals surface area contributed by atoms with Crippen LogP contribution in [-0.4, -0.2) is 33.6 Å². The smallest absolute Gasteiger partial charge is 0.303 e. The van der Waals surface area contributed by atoms with Crippen LogP contribution in [0.3, 0.4) is 0 Å². The Bertz CT molecular complexity index is 1370. The van der Waals surface area contributed by atoms with Crippen molar-refractivity contribution in [3.8, 4) is 0 Å². The summed E-state index contributed by atoms with van der Waals surface area (Å²) in [4.78, 5) is 23.3. The number of hydrogen-bond donors (Lipinski definition) is 2. The van der Waals surface area contributed by atoms with Gasteiger partial charge in [0.25, 0.3) is 0 Å². The third-order valence-corrected chi connectivity index (χ3v) is 6.94. The predicted molar refractivity (Wildman–Crippen MR) is 134 cm³/mol. The van der Waals surface area contributed by atoms with E-state index >= 15 is 4.39 Å². The number of hydrogen-bond acceptors (Lipinski definition) is 5. The van der Waals surface area contributed by atoms with E-state index in [1.165, 1.54) is 12.1 Å². The topological polar surface area (TPSA) is 78.4 Å². The minimum absolute atomic E-state index is 0.00520. The van der Waals surface area contributed by atoms with Crippen molar-refractivity contribution in [1.82, 2.24) is 9.97 Å². The van der Waals surface area contributed by atoms with Crippen molar-refractivity contribution < 1.29 is 23.1 Å². The lowest BCUT2D eigenvalue weighted by atomic mass is 9.77. The number of rotatable bonds is 5. The third kappa shape index (κ3) is 4.19. The molecule has 0 bridgehead atoms. The van der Waals surface area contributed by atoms with Gasteiger partial charge in [-0.15, -0.1) is 0 Å². The van der Waals surface area contributed by atoms with E-state index in [0.29, 0.717) is 29.0 Å². The number of nitrogens with zero attached hydrogens (tertiary/aromatic N) is 3. The number of halogens is 3. The zero-order chi connectivity index (χ0) is 26.8. The fourth-order valence-corrected chi connectivity index (χ4v) is 4.68. The van der Waals surface area contributed by atoms with Gasteiger partial charge in [-0.05, 0) is 51.5 Å². The fourth-order valence-electron chi connectivity index (χ4n) is 4.68. The van der Waals surface area contributed by atoms with E-state index in [4.69, 9.17) is 0 Å². The first-order valence-corrected chi connectivity index (χ1v) is 11.8. The number of anilines is 2. The minimum atomic E-state index is -3.80. The van der Waals surface area contributed by atoms with Gasteiger partial charge in [0.2, 0.25) is 5.91 Å². The number of nitrogens with one attached hydrogen (secondary N) is 1. The Balaban J connectivity index is 1.80. The van der Waals surface area contributed by atoms with Gasteiger partial charge in [-0.3, -0.25) is 4.79 Å². The predicted octanol–water partition coefficient (Wildman–Crippen LogP) is 5.76. The average Bonchev–Trinajstić information content (AvgIpc) is 2.75. The maximum Gasteiger partial charge on any atom is 0.303 e. The highest BCUT2D eigenvalue weighted by Crippen LogP contribution is 2.44. The van der Waals surface area contributed by atoms with E-state index < -0.39 is 28.9 Å². The maximum atomic E-state index is 15.3. The summed E-state index contributed by atoms with van der Waals surface area (Å²) in [5.74, 6) is -4.01. The van der Waals surface area contributed by atoms with Crippen molar-refractivity contribution in [3.63, 3.8) is 0 Å². The molecule has 6 nitrogen and oxygen atoms in total. The number of alkyl halides is 2. The lowest BCUT2D eigenvalue weighted by molar-refractivity contribution is -0.170. The Kier molecular flexibility index (Phi) is 6.06. The normalized spacial score (nSPS) is 16.8. The van der Waals surface area contributed by atoms with Crippen molar-refractivity contribution in [1.29, 1.82) is 0 Å². The van der Waals surface area contributed by atoms with Gasteiger partial charge in [0, 0.05) is 35.5 Å². The van der Waals surface area contributed by atoms with E-state index in [1.54, 1.807) is 25.8 Å². The van der Waals surface area contributed by atoms with Crippen molar-refractivity contribution in [2.45, 2.75) is 70.9 Å². The summed E-state index contributed by atoms with van der Waals surface area (Å²) in [6, 6.07) is 6.79. The molecule has 2 heterocycles. The number of benzene rings is 2. The molecule has 1 atom stereocenters. The van der Waals surface area contributed by atoms with Gasteiger partial charge in [0.15, 0.2) is 0 Å².